The van der Waals surface area contributed by atoms with Crippen molar-refractivity contribution in [1.29, 1.82) is 0 Å². The Kier molecular flexibility index (Phi) is 3.54. The molecular formula is C11H12Cl2N4. The van der Waals surface area contributed by atoms with Gasteiger partial charge in [0.2, 0.25) is 0 Å². The maximum Gasteiger partial charge on any atom is 0.184 e. The Labute approximate surface area is 109 Å². The number of rotatable bonds is 3. The Morgan fingerprint density at radius 1 is 1.29 bits per heavy atom. The molecule has 3 N–H and O–H groups in total. The number of nitrogens with one attached hydrogen (secondary N) is 1. The van der Waals surface area contributed by atoms with Gasteiger partial charge in [0.05, 0.1) is 21.3 Å². The summed E-state index contributed by atoms with van der Waals surface area (Å²) >= 11 is 12.0. The van der Waals surface area contributed by atoms with Crippen LogP contribution < -0.4 is 5.73 Å². The van der Waals surface area contributed by atoms with Crippen LogP contribution in [0.25, 0.3) is 11.4 Å². The first kappa shape index (κ1) is 12.2. The van der Waals surface area contributed by atoms with Crippen LogP contribution in [-0.2, 0) is 6.42 Å². The van der Waals surface area contributed by atoms with Gasteiger partial charge in [0, 0.05) is 6.42 Å². The van der Waals surface area contributed by atoms with Crippen molar-refractivity contribution in [2.24, 2.45) is 0 Å². The molecule has 90 valence electrons. The van der Waals surface area contributed by atoms with Gasteiger partial charge in [-0.3, -0.25) is 5.10 Å². The van der Waals surface area contributed by atoms with Gasteiger partial charge in [-0.05, 0) is 18.6 Å². The minimum atomic E-state index is 0.404. The summed E-state index contributed by atoms with van der Waals surface area (Å²) in [6.45, 7) is 2.07. The Hall–Kier alpha value is -1.26. The molecule has 0 spiro atoms. The van der Waals surface area contributed by atoms with Gasteiger partial charge in [0.25, 0.3) is 0 Å². The number of hydrogen-bond acceptors (Lipinski definition) is 3. The van der Waals surface area contributed by atoms with Gasteiger partial charge >= 0.3 is 0 Å². The van der Waals surface area contributed by atoms with Gasteiger partial charge < -0.3 is 5.73 Å². The molecule has 0 amide bonds. The van der Waals surface area contributed by atoms with Crippen molar-refractivity contribution >= 4 is 28.9 Å². The Morgan fingerprint density at radius 2 is 2.00 bits per heavy atom. The van der Waals surface area contributed by atoms with E-state index in [1.807, 2.05) is 0 Å². The standard InChI is InChI=1S/C11H12Cl2N4/c1-2-3-8-15-11(17-16-8)9-6(12)4-5-7(13)10(9)14/h4-5H,2-3,14H2,1H3,(H,15,16,17). The summed E-state index contributed by atoms with van der Waals surface area (Å²) < 4.78 is 0. The largest absolute Gasteiger partial charge is 0.397 e. The first-order valence-electron chi connectivity index (χ1n) is 5.28. The third kappa shape index (κ3) is 2.37. The molecule has 1 aromatic heterocycles. The average Bonchev–Trinajstić information content (AvgIpc) is 2.73. The Bertz CT molecular complexity index is 536. The lowest BCUT2D eigenvalue weighted by Crippen LogP contribution is -1.94. The van der Waals surface area contributed by atoms with E-state index in [4.69, 9.17) is 28.9 Å². The number of nitrogens with two attached hydrogens (primary N) is 1. The second kappa shape index (κ2) is 4.94. The number of halogens is 2. The third-order valence-corrected chi connectivity index (χ3v) is 3.03. The summed E-state index contributed by atoms with van der Waals surface area (Å²) in [4.78, 5) is 4.34. The molecule has 4 nitrogen and oxygen atoms in total. The van der Waals surface area contributed by atoms with E-state index in [0.29, 0.717) is 27.1 Å². The minimum Gasteiger partial charge on any atom is -0.397 e. The van der Waals surface area contributed by atoms with Gasteiger partial charge in [0.15, 0.2) is 5.82 Å². The third-order valence-electron chi connectivity index (χ3n) is 2.38. The Balaban J connectivity index is 2.48. The molecule has 2 rings (SSSR count). The van der Waals surface area contributed by atoms with Gasteiger partial charge in [-0.1, -0.05) is 30.1 Å². The first-order valence-corrected chi connectivity index (χ1v) is 6.04. The quantitative estimate of drug-likeness (QED) is 0.841. The summed E-state index contributed by atoms with van der Waals surface area (Å²) in [6.07, 6.45) is 1.83. The monoisotopic (exact) mass is 270 g/mol. The zero-order valence-electron chi connectivity index (χ0n) is 9.30. The highest BCUT2D eigenvalue weighted by atomic mass is 35.5. The molecule has 6 heteroatoms. The van der Waals surface area contributed by atoms with Crippen LogP contribution in [0.2, 0.25) is 10.0 Å². The summed E-state index contributed by atoms with van der Waals surface area (Å²) in [5, 5.41) is 7.91. The molecule has 0 radical (unpaired) electrons. The number of anilines is 1. The van der Waals surface area contributed by atoms with E-state index in [-0.39, 0.29) is 0 Å². The van der Waals surface area contributed by atoms with E-state index < -0.39 is 0 Å². The lowest BCUT2D eigenvalue weighted by Gasteiger charge is -2.05. The van der Waals surface area contributed by atoms with E-state index in [1.54, 1.807) is 12.1 Å². The lowest BCUT2D eigenvalue weighted by molar-refractivity contribution is 0.841. The molecule has 0 aliphatic heterocycles. The molecular weight excluding hydrogens is 259 g/mol. The predicted molar refractivity (Wildman–Crippen MR) is 70.2 cm³/mol. The van der Waals surface area contributed by atoms with Crippen molar-refractivity contribution in [2.75, 3.05) is 5.73 Å². The van der Waals surface area contributed by atoms with E-state index >= 15 is 0 Å². The number of nitrogen functional groups attached to an aromatic ring is 1. The van der Waals surface area contributed by atoms with Crippen molar-refractivity contribution in [2.45, 2.75) is 19.8 Å². The topological polar surface area (TPSA) is 67.6 Å². The number of aromatic nitrogens is 3. The van der Waals surface area contributed by atoms with Crippen molar-refractivity contribution < 1.29 is 0 Å². The fraction of sp³-hybridized carbons (Fsp3) is 0.273. The van der Waals surface area contributed by atoms with Crippen LogP contribution in [0.15, 0.2) is 12.1 Å². The number of aryl methyl sites for hydroxylation is 1. The molecule has 1 heterocycles. The fourth-order valence-electron chi connectivity index (χ4n) is 1.55. The van der Waals surface area contributed by atoms with Gasteiger partial charge in [-0.2, -0.15) is 5.10 Å². The normalized spacial score (nSPS) is 10.8. The number of nitrogens with zero attached hydrogens (tertiary/aromatic N) is 2. The highest BCUT2D eigenvalue weighted by Crippen LogP contribution is 2.35. The smallest absolute Gasteiger partial charge is 0.184 e. The van der Waals surface area contributed by atoms with Gasteiger partial charge in [0.1, 0.15) is 5.82 Å². The highest BCUT2D eigenvalue weighted by molar-refractivity contribution is 6.37. The summed E-state index contributed by atoms with van der Waals surface area (Å²) in [7, 11) is 0. The second-order valence-electron chi connectivity index (χ2n) is 3.67. The lowest BCUT2D eigenvalue weighted by atomic mass is 10.1. The molecule has 0 saturated heterocycles. The van der Waals surface area contributed by atoms with Crippen molar-refractivity contribution in [1.82, 2.24) is 15.2 Å². The van der Waals surface area contributed by atoms with Crippen molar-refractivity contribution in [3.8, 4) is 11.4 Å². The van der Waals surface area contributed by atoms with Gasteiger partial charge in [-0.25, -0.2) is 4.98 Å². The molecule has 2 aromatic rings. The zero-order chi connectivity index (χ0) is 12.4. The second-order valence-corrected chi connectivity index (χ2v) is 4.49. The molecule has 1 aromatic carbocycles. The zero-order valence-corrected chi connectivity index (χ0v) is 10.8. The van der Waals surface area contributed by atoms with Gasteiger partial charge in [-0.15, -0.1) is 0 Å². The Morgan fingerprint density at radius 3 is 2.71 bits per heavy atom. The number of benzene rings is 1. The van der Waals surface area contributed by atoms with Crippen LogP contribution in [-0.4, -0.2) is 15.2 Å². The SMILES string of the molecule is CCCc1nc(-c2c(Cl)ccc(Cl)c2N)n[nH]1. The molecule has 0 bridgehead atoms. The summed E-state index contributed by atoms with van der Waals surface area (Å²) in [5.41, 5.74) is 6.87. The first-order chi connectivity index (χ1) is 8.13. The van der Waals surface area contributed by atoms with E-state index in [1.165, 1.54) is 0 Å². The summed E-state index contributed by atoms with van der Waals surface area (Å²) in [6, 6.07) is 3.34. The number of hydrogen-bond donors (Lipinski definition) is 2. The van der Waals surface area contributed by atoms with E-state index in [0.717, 1.165) is 18.7 Å². The van der Waals surface area contributed by atoms with Crippen LogP contribution in [0.3, 0.4) is 0 Å². The molecule has 0 unspecified atom stereocenters. The van der Waals surface area contributed by atoms with Crippen LogP contribution >= 0.6 is 23.2 Å². The summed E-state index contributed by atoms with van der Waals surface area (Å²) in [5.74, 6) is 1.30. The maximum absolute atomic E-state index is 6.09. The molecule has 0 aliphatic rings. The van der Waals surface area contributed by atoms with Crippen LogP contribution in [0, 0.1) is 0 Å². The number of H-pyrrole nitrogens is 1. The molecule has 0 saturated carbocycles. The molecule has 0 fully saturated rings. The average molecular weight is 271 g/mol. The molecule has 0 aliphatic carbocycles. The molecule has 0 atom stereocenters. The van der Waals surface area contributed by atoms with Crippen LogP contribution in [0.4, 0.5) is 5.69 Å². The fourth-order valence-corrected chi connectivity index (χ4v) is 1.96. The van der Waals surface area contributed by atoms with E-state index in [2.05, 4.69) is 22.1 Å². The van der Waals surface area contributed by atoms with Crippen LogP contribution in [0.1, 0.15) is 19.2 Å². The highest BCUT2D eigenvalue weighted by Gasteiger charge is 2.15. The molecule has 17 heavy (non-hydrogen) atoms. The van der Waals surface area contributed by atoms with Crippen molar-refractivity contribution in [3.63, 3.8) is 0 Å². The predicted octanol–water partition coefficient (Wildman–Crippen LogP) is 3.31. The minimum absolute atomic E-state index is 0.404. The van der Waals surface area contributed by atoms with Crippen LogP contribution in [0.5, 0.6) is 0 Å². The maximum atomic E-state index is 6.09. The number of aromatic amines is 1. The van der Waals surface area contributed by atoms with E-state index in [9.17, 15) is 0 Å². The van der Waals surface area contributed by atoms with Crippen molar-refractivity contribution in [3.05, 3.63) is 28.0 Å².